The standard InChI is InChI=1S/C7H8NO2S/c1-6-3-4-7(5-8-6)11(2,9)10/h3-5H,1H2,2H3. The molecule has 0 aromatic carbocycles. The average Bonchev–Trinajstić information content (AvgIpc) is 1.86. The van der Waals surface area contributed by atoms with Crippen molar-refractivity contribution in [1.82, 2.24) is 4.98 Å². The van der Waals surface area contributed by atoms with Gasteiger partial charge in [0, 0.05) is 18.1 Å². The van der Waals surface area contributed by atoms with Crippen molar-refractivity contribution >= 4 is 9.84 Å². The van der Waals surface area contributed by atoms with Gasteiger partial charge in [0.25, 0.3) is 0 Å². The summed E-state index contributed by atoms with van der Waals surface area (Å²) in [7, 11) is -3.11. The molecule has 0 amide bonds. The van der Waals surface area contributed by atoms with E-state index in [9.17, 15) is 8.42 Å². The Balaban J connectivity index is 3.20. The number of hydrogen-bond acceptors (Lipinski definition) is 3. The van der Waals surface area contributed by atoms with Gasteiger partial charge in [0.1, 0.15) is 0 Å². The van der Waals surface area contributed by atoms with E-state index in [1.54, 1.807) is 6.07 Å². The highest BCUT2D eigenvalue weighted by Gasteiger charge is 2.05. The van der Waals surface area contributed by atoms with Gasteiger partial charge in [-0.05, 0) is 19.1 Å². The van der Waals surface area contributed by atoms with Gasteiger partial charge in [-0.25, -0.2) is 8.42 Å². The minimum absolute atomic E-state index is 0.227. The summed E-state index contributed by atoms with van der Waals surface area (Å²) >= 11 is 0. The lowest BCUT2D eigenvalue weighted by atomic mass is 10.4. The molecule has 1 aromatic rings. The second kappa shape index (κ2) is 2.62. The van der Waals surface area contributed by atoms with E-state index in [0.29, 0.717) is 5.69 Å². The largest absolute Gasteiger partial charge is 0.260 e. The Bertz CT molecular complexity index is 339. The Morgan fingerprint density at radius 1 is 1.45 bits per heavy atom. The lowest BCUT2D eigenvalue weighted by molar-refractivity contribution is 0.601. The van der Waals surface area contributed by atoms with Crippen LogP contribution in [-0.2, 0) is 9.84 Å². The summed E-state index contributed by atoms with van der Waals surface area (Å²) in [4.78, 5) is 3.98. The smallest absolute Gasteiger partial charge is 0.177 e. The molecule has 0 aliphatic heterocycles. The molecule has 4 heteroatoms. The van der Waals surface area contributed by atoms with E-state index in [1.165, 1.54) is 12.3 Å². The summed E-state index contributed by atoms with van der Waals surface area (Å²) in [5.41, 5.74) is 0.567. The Labute approximate surface area is 66.0 Å². The monoisotopic (exact) mass is 170 g/mol. The fourth-order valence-electron chi connectivity index (χ4n) is 0.630. The predicted molar refractivity (Wildman–Crippen MR) is 41.8 cm³/mol. The summed E-state index contributed by atoms with van der Waals surface area (Å²) in [5.74, 6) is 0. The number of sulfone groups is 1. The van der Waals surface area contributed by atoms with Crippen molar-refractivity contribution in [2.45, 2.75) is 4.90 Å². The molecule has 0 atom stereocenters. The number of rotatable bonds is 1. The van der Waals surface area contributed by atoms with Crippen LogP contribution >= 0.6 is 0 Å². The molecule has 0 aliphatic carbocycles. The lowest BCUT2D eigenvalue weighted by Crippen LogP contribution is -1.97. The second-order valence-electron chi connectivity index (χ2n) is 2.26. The molecule has 3 nitrogen and oxygen atoms in total. The zero-order valence-electron chi connectivity index (χ0n) is 6.11. The van der Waals surface area contributed by atoms with Crippen molar-refractivity contribution in [2.75, 3.05) is 6.26 Å². The molecule has 1 heterocycles. The van der Waals surface area contributed by atoms with E-state index in [4.69, 9.17) is 0 Å². The third-order valence-corrected chi connectivity index (χ3v) is 2.32. The number of hydrogen-bond donors (Lipinski definition) is 0. The van der Waals surface area contributed by atoms with Gasteiger partial charge in [-0.3, -0.25) is 4.98 Å². The van der Waals surface area contributed by atoms with Crippen LogP contribution in [0.1, 0.15) is 5.69 Å². The molecule has 11 heavy (non-hydrogen) atoms. The molecule has 1 rings (SSSR count). The molecule has 0 saturated heterocycles. The Morgan fingerprint density at radius 2 is 2.09 bits per heavy atom. The Hall–Kier alpha value is -0.900. The zero-order chi connectivity index (χ0) is 8.48. The Morgan fingerprint density at radius 3 is 2.45 bits per heavy atom. The maximum Gasteiger partial charge on any atom is 0.177 e. The van der Waals surface area contributed by atoms with E-state index >= 15 is 0 Å². The highest BCUT2D eigenvalue weighted by atomic mass is 32.2. The molecule has 1 aromatic heterocycles. The maximum atomic E-state index is 10.9. The van der Waals surface area contributed by atoms with Gasteiger partial charge in [-0.15, -0.1) is 0 Å². The van der Waals surface area contributed by atoms with Crippen molar-refractivity contribution in [3.8, 4) is 0 Å². The summed E-state index contributed by atoms with van der Waals surface area (Å²) in [6, 6.07) is 3.06. The van der Waals surface area contributed by atoms with E-state index < -0.39 is 9.84 Å². The van der Waals surface area contributed by atoms with Gasteiger partial charge in [-0.1, -0.05) is 0 Å². The van der Waals surface area contributed by atoms with Gasteiger partial charge >= 0.3 is 0 Å². The average molecular weight is 170 g/mol. The number of nitrogens with zero attached hydrogens (tertiary/aromatic N) is 1. The highest BCUT2D eigenvalue weighted by molar-refractivity contribution is 7.90. The van der Waals surface area contributed by atoms with E-state index in [-0.39, 0.29) is 4.90 Å². The van der Waals surface area contributed by atoms with Gasteiger partial charge in [-0.2, -0.15) is 0 Å². The van der Waals surface area contributed by atoms with Crippen LogP contribution in [0.3, 0.4) is 0 Å². The van der Waals surface area contributed by atoms with Crippen molar-refractivity contribution in [3.05, 3.63) is 30.9 Å². The van der Waals surface area contributed by atoms with Crippen LogP contribution in [0.2, 0.25) is 0 Å². The summed E-state index contributed by atoms with van der Waals surface area (Å²) < 4.78 is 21.8. The lowest BCUT2D eigenvalue weighted by Gasteiger charge is -1.95. The van der Waals surface area contributed by atoms with Crippen LogP contribution in [0.15, 0.2) is 23.2 Å². The molecular weight excluding hydrogens is 162 g/mol. The Kier molecular flexibility index (Phi) is 1.95. The fraction of sp³-hybridized carbons (Fsp3) is 0.143. The SMILES string of the molecule is [CH2]c1ccc(S(C)(=O)=O)cn1. The van der Waals surface area contributed by atoms with Crippen molar-refractivity contribution in [2.24, 2.45) is 0 Å². The van der Waals surface area contributed by atoms with Crippen LogP contribution in [0.4, 0.5) is 0 Å². The van der Waals surface area contributed by atoms with E-state index in [2.05, 4.69) is 11.9 Å². The first-order chi connectivity index (χ1) is 5.00. The fourth-order valence-corrected chi connectivity index (χ4v) is 1.19. The van der Waals surface area contributed by atoms with Gasteiger partial charge in [0.15, 0.2) is 9.84 Å². The number of aromatic nitrogens is 1. The minimum atomic E-state index is -3.11. The van der Waals surface area contributed by atoms with Gasteiger partial charge in [0.05, 0.1) is 4.90 Å². The summed E-state index contributed by atoms with van der Waals surface area (Å²) in [6.07, 6.45) is 2.45. The molecule has 0 unspecified atom stereocenters. The molecule has 0 fully saturated rings. The molecule has 0 bridgehead atoms. The van der Waals surface area contributed by atoms with Gasteiger partial charge in [0.2, 0.25) is 0 Å². The van der Waals surface area contributed by atoms with Gasteiger partial charge < -0.3 is 0 Å². The normalized spacial score (nSPS) is 11.5. The first-order valence-electron chi connectivity index (χ1n) is 2.98. The van der Waals surface area contributed by atoms with Crippen molar-refractivity contribution in [3.63, 3.8) is 0 Å². The molecule has 0 aliphatic rings. The van der Waals surface area contributed by atoms with Crippen LogP contribution in [0.25, 0.3) is 0 Å². The van der Waals surface area contributed by atoms with Crippen LogP contribution in [0.5, 0.6) is 0 Å². The summed E-state index contributed by atoms with van der Waals surface area (Å²) in [6.45, 7) is 3.54. The van der Waals surface area contributed by atoms with E-state index in [1.807, 2.05) is 0 Å². The minimum Gasteiger partial charge on any atom is -0.260 e. The molecular formula is C7H8NO2S. The van der Waals surface area contributed by atoms with Crippen molar-refractivity contribution < 1.29 is 8.42 Å². The molecule has 0 spiro atoms. The van der Waals surface area contributed by atoms with Crippen LogP contribution in [0, 0.1) is 6.92 Å². The van der Waals surface area contributed by atoms with Crippen LogP contribution in [-0.4, -0.2) is 19.7 Å². The first-order valence-corrected chi connectivity index (χ1v) is 4.87. The molecule has 59 valence electrons. The molecule has 0 saturated carbocycles. The first kappa shape index (κ1) is 8.20. The third-order valence-electron chi connectivity index (χ3n) is 1.23. The number of pyridine rings is 1. The third kappa shape index (κ3) is 2.01. The zero-order valence-corrected chi connectivity index (χ0v) is 6.93. The quantitative estimate of drug-likeness (QED) is 0.622. The molecule has 1 radical (unpaired) electrons. The maximum absolute atomic E-state index is 10.9. The van der Waals surface area contributed by atoms with Crippen molar-refractivity contribution in [1.29, 1.82) is 0 Å². The highest BCUT2D eigenvalue weighted by Crippen LogP contribution is 2.05. The summed E-state index contributed by atoms with van der Waals surface area (Å²) in [5, 5.41) is 0. The second-order valence-corrected chi connectivity index (χ2v) is 4.27. The predicted octanol–water partition coefficient (Wildman–Crippen LogP) is 0.667. The topological polar surface area (TPSA) is 47.0 Å². The van der Waals surface area contributed by atoms with E-state index in [0.717, 1.165) is 6.26 Å². The molecule has 0 N–H and O–H groups in total. The van der Waals surface area contributed by atoms with Crippen LogP contribution < -0.4 is 0 Å².